The van der Waals surface area contributed by atoms with Crippen molar-refractivity contribution >= 4 is 0 Å². The van der Waals surface area contributed by atoms with Crippen molar-refractivity contribution in [1.82, 2.24) is 10.3 Å². The van der Waals surface area contributed by atoms with Gasteiger partial charge in [-0.15, -0.1) is 0 Å². The monoisotopic (exact) mass is 182 g/mol. The fourth-order valence-electron chi connectivity index (χ4n) is 1.01. The summed E-state index contributed by atoms with van der Waals surface area (Å²) in [6.45, 7) is 4.15. The van der Waals surface area contributed by atoms with Crippen LogP contribution in [0.2, 0.25) is 0 Å². The van der Waals surface area contributed by atoms with E-state index in [2.05, 4.69) is 10.3 Å². The Balaban J connectivity index is 2.29. The minimum absolute atomic E-state index is 0.363. The third kappa shape index (κ3) is 4.58. The maximum absolute atomic E-state index is 13.0. The average Bonchev–Trinajstić information content (AvgIpc) is 2.04. The zero-order chi connectivity index (χ0) is 9.73. The van der Waals surface area contributed by atoms with Gasteiger partial charge in [0.2, 0.25) is 0 Å². The zero-order valence-corrected chi connectivity index (χ0v) is 8.05. The molecule has 0 aliphatic heterocycles. The predicted molar refractivity (Wildman–Crippen MR) is 51.1 cm³/mol. The molecule has 0 aromatic carbocycles. The van der Waals surface area contributed by atoms with Gasteiger partial charge in [-0.1, -0.05) is 6.07 Å². The molecule has 0 unspecified atom stereocenters. The van der Waals surface area contributed by atoms with Crippen LogP contribution in [0, 0.1) is 0 Å². The molecular weight excluding hydrogens is 167 g/mol. The molecule has 0 fully saturated rings. The highest BCUT2D eigenvalue weighted by Gasteiger charge is 2.13. The number of nitrogens with one attached hydrogen (secondary N) is 1. The summed E-state index contributed by atoms with van der Waals surface area (Å²) in [6, 6.07) is 3.84. The molecule has 1 heterocycles. The average molecular weight is 182 g/mol. The number of alkyl halides is 1. The first-order valence-electron chi connectivity index (χ1n) is 4.36. The van der Waals surface area contributed by atoms with Gasteiger partial charge in [-0.3, -0.25) is 4.98 Å². The van der Waals surface area contributed by atoms with Gasteiger partial charge in [0.05, 0.1) is 0 Å². The molecular formula is C10H15FN2. The summed E-state index contributed by atoms with van der Waals surface area (Å²) in [5, 5.41) is 3.03. The van der Waals surface area contributed by atoms with Crippen molar-refractivity contribution in [2.75, 3.05) is 6.54 Å². The van der Waals surface area contributed by atoms with E-state index < -0.39 is 5.67 Å². The van der Waals surface area contributed by atoms with E-state index in [9.17, 15) is 4.39 Å². The van der Waals surface area contributed by atoms with E-state index in [4.69, 9.17) is 0 Å². The van der Waals surface area contributed by atoms with Gasteiger partial charge >= 0.3 is 0 Å². The largest absolute Gasteiger partial charge is 0.309 e. The Morgan fingerprint density at radius 3 is 2.85 bits per heavy atom. The summed E-state index contributed by atoms with van der Waals surface area (Å²) in [5.74, 6) is 0. The lowest BCUT2D eigenvalue weighted by molar-refractivity contribution is 0.210. The van der Waals surface area contributed by atoms with Crippen molar-refractivity contribution in [2.24, 2.45) is 0 Å². The molecule has 1 N–H and O–H groups in total. The Labute approximate surface area is 78.2 Å². The Morgan fingerprint density at radius 1 is 1.54 bits per heavy atom. The first-order chi connectivity index (χ1) is 6.08. The van der Waals surface area contributed by atoms with Crippen molar-refractivity contribution in [2.45, 2.75) is 26.1 Å². The Morgan fingerprint density at radius 2 is 2.31 bits per heavy atom. The van der Waals surface area contributed by atoms with Crippen LogP contribution in [0.1, 0.15) is 19.4 Å². The highest BCUT2D eigenvalue weighted by molar-refractivity contribution is 5.07. The molecule has 1 aromatic rings. The number of hydrogen-bond acceptors (Lipinski definition) is 2. The maximum atomic E-state index is 13.0. The van der Waals surface area contributed by atoms with E-state index in [0.29, 0.717) is 13.1 Å². The predicted octanol–water partition coefficient (Wildman–Crippen LogP) is 1.92. The van der Waals surface area contributed by atoms with Gasteiger partial charge in [-0.2, -0.15) is 0 Å². The third-order valence-corrected chi connectivity index (χ3v) is 1.60. The summed E-state index contributed by atoms with van der Waals surface area (Å²) in [6.07, 6.45) is 3.50. The summed E-state index contributed by atoms with van der Waals surface area (Å²) in [7, 11) is 0. The van der Waals surface area contributed by atoms with Crippen molar-refractivity contribution in [3.63, 3.8) is 0 Å². The van der Waals surface area contributed by atoms with Gasteiger partial charge in [0.1, 0.15) is 5.67 Å². The van der Waals surface area contributed by atoms with Crippen LogP contribution in [0.3, 0.4) is 0 Å². The first-order valence-corrected chi connectivity index (χ1v) is 4.36. The Kier molecular flexibility index (Phi) is 3.37. The topological polar surface area (TPSA) is 24.9 Å². The molecule has 0 atom stereocenters. The summed E-state index contributed by atoms with van der Waals surface area (Å²) in [5.41, 5.74) is -0.0749. The normalized spacial score (nSPS) is 11.6. The van der Waals surface area contributed by atoms with Gasteiger partial charge in [-0.05, 0) is 25.5 Å². The van der Waals surface area contributed by atoms with Crippen molar-refractivity contribution in [1.29, 1.82) is 0 Å². The molecule has 13 heavy (non-hydrogen) atoms. The van der Waals surface area contributed by atoms with E-state index >= 15 is 0 Å². The number of nitrogens with zero attached hydrogens (tertiary/aromatic N) is 1. The fraction of sp³-hybridized carbons (Fsp3) is 0.500. The molecule has 0 amide bonds. The summed E-state index contributed by atoms with van der Waals surface area (Å²) in [4.78, 5) is 3.97. The second-order valence-electron chi connectivity index (χ2n) is 3.68. The summed E-state index contributed by atoms with van der Waals surface area (Å²) < 4.78 is 13.0. The lowest BCUT2D eigenvalue weighted by Gasteiger charge is -2.14. The lowest BCUT2D eigenvalue weighted by Crippen LogP contribution is -2.30. The Hall–Kier alpha value is -0.960. The molecule has 0 bridgehead atoms. The molecule has 0 radical (unpaired) electrons. The smallest absolute Gasteiger partial charge is 0.117 e. The molecule has 0 aliphatic rings. The molecule has 0 saturated heterocycles. The van der Waals surface area contributed by atoms with Gasteiger partial charge < -0.3 is 5.32 Å². The molecule has 1 aromatic heterocycles. The molecule has 0 spiro atoms. The highest BCUT2D eigenvalue weighted by atomic mass is 19.1. The third-order valence-electron chi connectivity index (χ3n) is 1.60. The van der Waals surface area contributed by atoms with E-state index in [-0.39, 0.29) is 0 Å². The minimum atomic E-state index is -1.15. The standard InChI is InChI=1S/C10H15FN2/c1-10(2,11)8-13-7-9-4-3-5-12-6-9/h3-6,13H,7-8H2,1-2H3. The van der Waals surface area contributed by atoms with Gasteiger partial charge in [0.25, 0.3) is 0 Å². The van der Waals surface area contributed by atoms with E-state index in [1.165, 1.54) is 0 Å². The minimum Gasteiger partial charge on any atom is -0.309 e. The number of hydrogen-bond donors (Lipinski definition) is 1. The zero-order valence-electron chi connectivity index (χ0n) is 8.05. The Bertz CT molecular complexity index is 241. The van der Waals surface area contributed by atoms with Crippen LogP contribution < -0.4 is 5.32 Å². The van der Waals surface area contributed by atoms with Crippen LogP contribution >= 0.6 is 0 Å². The number of pyridine rings is 1. The van der Waals surface area contributed by atoms with Crippen LogP contribution in [0.15, 0.2) is 24.5 Å². The van der Waals surface area contributed by atoms with Crippen LogP contribution in [0.4, 0.5) is 4.39 Å². The SMILES string of the molecule is CC(C)(F)CNCc1cccnc1. The maximum Gasteiger partial charge on any atom is 0.117 e. The van der Waals surface area contributed by atoms with Gasteiger partial charge in [0, 0.05) is 25.5 Å². The number of rotatable bonds is 4. The molecule has 72 valence electrons. The molecule has 0 aliphatic carbocycles. The van der Waals surface area contributed by atoms with Crippen LogP contribution in [-0.2, 0) is 6.54 Å². The van der Waals surface area contributed by atoms with Crippen molar-refractivity contribution in [3.05, 3.63) is 30.1 Å². The number of aromatic nitrogens is 1. The molecule has 2 nitrogen and oxygen atoms in total. The lowest BCUT2D eigenvalue weighted by atomic mass is 10.2. The summed E-state index contributed by atoms with van der Waals surface area (Å²) >= 11 is 0. The fourth-order valence-corrected chi connectivity index (χ4v) is 1.01. The van der Waals surface area contributed by atoms with Crippen LogP contribution in [0.5, 0.6) is 0 Å². The highest BCUT2D eigenvalue weighted by Crippen LogP contribution is 2.05. The number of halogens is 1. The van der Waals surface area contributed by atoms with Crippen LogP contribution in [-0.4, -0.2) is 17.2 Å². The quantitative estimate of drug-likeness (QED) is 0.769. The van der Waals surface area contributed by atoms with Gasteiger partial charge in [-0.25, -0.2) is 4.39 Å². The second-order valence-corrected chi connectivity index (χ2v) is 3.68. The van der Waals surface area contributed by atoms with Crippen LogP contribution in [0.25, 0.3) is 0 Å². The van der Waals surface area contributed by atoms with Crippen molar-refractivity contribution < 1.29 is 4.39 Å². The second kappa shape index (κ2) is 4.33. The molecule has 1 rings (SSSR count). The van der Waals surface area contributed by atoms with E-state index in [1.54, 1.807) is 26.2 Å². The van der Waals surface area contributed by atoms with E-state index in [0.717, 1.165) is 5.56 Å². The first kappa shape index (κ1) is 10.1. The van der Waals surface area contributed by atoms with Gasteiger partial charge in [0.15, 0.2) is 0 Å². The molecule has 0 saturated carbocycles. The van der Waals surface area contributed by atoms with Crippen molar-refractivity contribution in [3.8, 4) is 0 Å². The molecule has 3 heteroatoms. The van der Waals surface area contributed by atoms with E-state index in [1.807, 2.05) is 12.1 Å².